The second-order valence-corrected chi connectivity index (χ2v) is 5.56. The maximum Gasteiger partial charge on any atom is 0.169 e. The van der Waals surface area contributed by atoms with E-state index in [0.29, 0.717) is 6.42 Å². The van der Waals surface area contributed by atoms with Crippen molar-refractivity contribution < 1.29 is 0 Å². The molecule has 0 aliphatic rings. The molecule has 0 unspecified atom stereocenters. The number of rotatable bonds is 2. The molecular weight excluding hydrogens is 260 g/mol. The van der Waals surface area contributed by atoms with Gasteiger partial charge in [-0.05, 0) is 0 Å². The van der Waals surface area contributed by atoms with Crippen molar-refractivity contribution in [2.45, 2.75) is 16.6 Å². The molecule has 0 N–H and O–H groups in total. The lowest BCUT2D eigenvalue weighted by molar-refractivity contribution is 0.613. The van der Waals surface area contributed by atoms with E-state index in [2.05, 4.69) is 31.9 Å². The van der Waals surface area contributed by atoms with Gasteiger partial charge in [-0.2, -0.15) is 10.5 Å². The molecule has 0 aromatic rings. The van der Waals surface area contributed by atoms with Gasteiger partial charge in [0.1, 0.15) is 0 Å². The van der Waals surface area contributed by atoms with E-state index in [1.807, 2.05) is 19.1 Å². The highest BCUT2D eigenvalue weighted by molar-refractivity contribution is 9.25. The summed E-state index contributed by atoms with van der Waals surface area (Å²) in [7, 11) is 0. The van der Waals surface area contributed by atoms with Crippen LogP contribution in [-0.2, 0) is 0 Å². The Kier molecular flexibility index (Phi) is 3.93. The Balaban J connectivity index is 4.10. The molecule has 0 aliphatic heterocycles. The number of alkyl halides is 2. The van der Waals surface area contributed by atoms with Gasteiger partial charge in [-0.25, -0.2) is 0 Å². The smallest absolute Gasteiger partial charge is 0.169 e. The van der Waals surface area contributed by atoms with Gasteiger partial charge < -0.3 is 0 Å². The minimum absolute atomic E-state index is 0.0116. The molecule has 10 heavy (non-hydrogen) atoms. The van der Waals surface area contributed by atoms with Crippen molar-refractivity contribution in [3.05, 3.63) is 0 Å². The standard InChI is InChI=1S/C6H6Br2N2/c1-5(2-3-9)6(7,8)4-10/h5H,2H2,1H3/t5-/m1/s1. The Morgan fingerprint density at radius 3 is 2.30 bits per heavy atom. The van der Waals surface area contributed by atoms with Crippen LogP contribution in [0.4, 0.5) is 0 Å². The van der Waals surface area contributed by atoms with Gasteiger partial charge >= 0.3 is 0 Å². The number of nitriles is 2. The molecule has 0 aromatic carbocycles. The maximum absolute atomic E-state index is 8.54. The van der Waals surface area contributed by atoms with Gasteiger partial charge in [0, 0.05) is 12.3 Å². The topological polar surface area (TPSA) is 47.6 Å². The van der Waals surface area contributed by atoms with E-state index in [1.165, 1.54) is 0 Å². The molecule has 0 saturated carbocycles. The summed E-state index contributed by atoms with van der Waals surface area (Å²) < 4.78 is -0.740. The fourth-order valence-electron chi connectivity index (χ4n) is 0.375. The van der Waals surface area contributed by atoms with E-state index in [4.69, 9.17) is 10.5 Å². The molecule has 0 heterocycles. The average Bonchev–Trinajstić information content (AvgIpc) is 1.89. The molecule has 1 atom stereocenters. The second-order valence-electron chi connectivity index (χ2n) is 2.00. The van der Waals surface area contributed by atoms with Crippen molar-refractivity contribution in [3.63, 3.8) is 0 Å². The van der Waals surface area contributed by atoms with Crippen LogP contribution in [0.25, 0.3) is 0 Å². The summed E-state index contributed by atoms with van der Waals surface area (Å²) in [6.07, 6.45) is 0.365. The van der Waals surface area contributed by atoms with Crippen molar-refractivity contribution in [3.8, 4) is 12.1 Å². The maximum atomic E-state index is 8.54. The van der Waals surface area contributed by atoms with Crippen LogP contribution >= 0.6 is 31.9 Å². The lowest BCUT2D eigenvalue weighted by Crippen LogP contribution is -2.18. The molecule has 2 nitrogen and oxygen atoms in total. The Morgan fingerprint density at radius 2 is 2.00 bits per heavy atom. The molecule has 0 aromatic heterocycles. The van der Waals surface area contributed by atoms with Crippen molar-refractivity contribution in [2.24, 2.45) is 5.92 Å². The van der Waals surface area contributed by atoms with Gasteiger partial charge in [0.05, 0.1) is 12.1 Å². The van der Waals surface area contributed by atoms with Gasteiger partial charge in [0.2, 0.25) is 0 Å². The zero-order chi connectivity index (χ0) is 8.20. The van der Waals surface area contributed by atoms with Crippen molar-refractivity contribution in [2.75, 3.05) is 0 Å². The van der Waals surface area contributed by atoms with Crippen LogP contribution < -0.4 is 0 Å². The third-order valence-electron chi connectivity index (χ3n) is 1.17. The molecule has 0 saturated heterocycles. The summed E-state index contributed by atoms with van der Waals surface area (Å²) in [5, 5.41) is 16.8. The normalized spacial score (nSPS) is 13.3. The van der Waals surface area contributed by atoms with E-state index in [-0.39, 0.29) is 5.92 Å². The molecule has 0 spiro atoms. The number of nitrogens with zero attached hydrogens (tertiary/aromatic N) is 2. The van der Waals surface area contributed by atoms with Gasteiger partial charge in [-0.3, -0.25) is 0 Å². The number of hydrogen-bond acceptors (Lipinski definition) is 2. The van der Waals surface area contributed by atoms with Gasteiger partial charge in [-0.1, -0.05) is 38.8 Å². The molecule has 0 aliphatic carbocycles. The highest BCUT2D eigenvalue weighted by atomic mass is 79.9. The second kappa shape index (κ2) is 3.95. The molecular formula is C6H6Br2N2. The van der Waals surface area contributed by atoms with Crippen molar-refractivity contribution in [1.29, 1.82) is 10.5 Å². The first-order chi connectivity index (χ1) is 4.54. The Morgan fingerprint density at radius 1 is 1.50 bits per heavy atom. The van der Waals surface area contributed by atoms with Crippen LogP contribution in [0.3, 0.4) is 0 Å². The first-order valence-electron chi connectivity index (χ1n) is 2.70. The SMILES string of the molecule is C[C@H](CC#N)C(Br)(Br)C#N. The van der Waals surface area contributed by atoms with Gasteiger partial charge in [0.25, 0.3) is 0 Å². The predicted molar refractivity (Wildman–Crippen MR) is 45.6 cm³/mol. The number of hydrogen-bond donors (Lipinski definition) is 0. The molecule has 4 heteroatoms. The zero-order valence-corrected chi connectivity index (χ0v) is 8.61. The van der Waals surface area contributed by atoms with E-state index in [0.717, 1.165) is 0 Å². The monoisotopic (exact) mass is 264 g/mol. The van der Waals surface area contributed by atoms with Crippen LogP contribution in [0, 0.1) is 28.6 Å². The number of halogens is 2. The fourth-order valence-corrected chi connectivity index (χ4v) is 0.699. The lowest BCUT2D eigenvalue weighted by atomic mass is 10.1. The Hall–Kier alpha value is -0.0600. The van der Waals surface area contributed by atoms with Gasteiger partial charge in [0.15, 0.2) is 3.23 Å². The first-order valence-corrected chi connectivity index (χ1v) is 4.29. The summed E-state index contributed by atoms with van der Waals surface area (Å²) in [5.74, 6) is -0.0116. The van der Waals surface area contributed by atoms with Crippen LogP contribution in [-0.4, -0.2) is 3.23 Å². The molecule has 0 fully saturated rings. The summed E-state index contributed by atoms with van der Waals surface area (Å²) in [4.78, 5) is 0. The summed E-state index contributed by atoms with van der Waals surface area (Å²) >= 11 is 6.30. The van der Waals surface area contributed by atoms with Crippen molar-refractivity contribution >= 4 is 31.9 Å². The quantitative estimate of drug-likeness (QED) is 0.721. The first kappa shape index (κ1) is 9.94. The molecule has 0 rings (SSSR count). The Labute approximate surface area is 77.1 Å². The predicted octanol–water partition coefficient (Wildman–Crippen LogP) is 2.55. The van der Waals surface area contributed by atoms with Crippen LogP contribution in [0.1, 0.15) is 13.3 Å². The lowest BCUT2D eigenvalue weighted by Gasteiger charge is -2.16. The fraction of sp³-hybridized carbons (Fsp3) is 0.667. The zero-order valence-electron chi connectivity index (χ0n) is 5.43. The molecule has 0 radical (unpaired) electrons. The summed E-state index contributed by atoms with van der Waals surface area (Å²) in [6.45, 7) is 1.83. The summed E-state index contributed by atoms with van der Waals surface area (Å²) in [6, 6.07) is 4.00. The van der Waals surface area contributed by atoms with Gasteiger partial charge in [-0.15, -0.1) is 0 Å². The minimum Gasteiger partial charge on any atom is -0.198 e. The Bertz CT molecular complexity index is 187. The summed E-state index contributed by atoms with van der Waals surface area (Å²) in [5.41, 5.74) is 0. The van der Waals surface area contributed by atoms with E-state index >= 15 is 0 Å². The van der Waals surface area contributed by atoms with Crippen LogP contribution in [0.15, 0.2) is 0 Å². The third kappa shape index (κ3) is 2.68. The highest BCUT2D eigenvalue weighted by Crippen LogP contribution is 2.35. The van der Waals surface area contributed by atoms with Crippen LogP contribution in [0.2, 0.25) is 0 Å². The molecule has 54 valence electrons. The molecule has 0 bridgehead atoms. The van der Waals surface area contributed by atoms with E-state index in [9.17, 15) is 0 Å². The van der Waals surface area contributed by atoms with Crippen LogP contribution in [0.5, 0.6) is 0 Å². The third-order valence-corrected chi connectivity index (χ3v) is 3.08. The average molecular weight is 266 g/mol. The van der Waals surface area contributed by atoms with Crippen molar-refractivity contribution in [1.82, 2.24) is 0 Å². The highest BCUT2D eigenvalue weighted by Gasteiger charge is 2.29. The largest absolute Gasteiger partial charge is 0.198 e. The minimum atomic E-state index is -0.740. The van der Waals surface area contributed by atoms with E-state index < -0.39 is 3.23 Å². The van der Waals surface area contributed by atoms with E-state index in [1.54, 1.807) is 0 Å². The molecule has 0 amide bonds.